The summed E-state index contributed by atoms with van der Waals surface area (Å²) in [5.41, 5.74) is 1.32. The largest absolute Gasteiger partial charge is 0.497 e. The number of benzene rings is 1. The number of amides is 1. The Hall–Kier alpha value is -1.97. The molecule has 126 valence electrons. The zero-order valence-electron chi connectivity index (χ0n) is 14.7. The fraction of sp³-hybridized carbons (Fsp3) is 0.526. The molecule has 1 saturated carbocycles. The molecule has 4 heteroatoms. The van der Waals surface area contributed by atoms with Crippen LogP contribution in [0.4, 0.5) is 0 Å². The molecule has 4 nitrogen and oxygen atoms in total. The van der Waals surface area contributed by atoms with Crippen LogP contribution in [-0.4, -0.2) is 26.2 Å². The summed E-state index contributed by atoms with van der Waals surface area (Å²) in [6, 6.07) is 7.42. The molecule has 2 rings (SSSR count). The van der Waals surface area contributed by atoms with Crippen LogP contribution in [0.15, 0.2) is 35.9 Å². The number of nitrogens with one attached hydrogen (secondary N) is 1. The number of carbonyl (C=O) groups is 1. The van der Waals surface area contributed by atoms with Crippen molar-refractivity contribution < 1.29 is 14.3 Å². The molecule has 1 aliphatic carbocycles. The molecular weight excluding hydrogens is 290 g/mol. The van der Waals surface area contributed by atoms with E-state index in [9.17, 15) is 4.79 Å². The van der Waals surface area contributed by atoms with E-state index in [1.54, 1.807) is 7.11 Å². The molecule has 1 aromatic carbocycles. The van der Waals surface area contributed by atoms with Crippen LogP contribution >= 0.6 is 0 Å². The van der Waals surface area contributed by atoms with Gasteiger partial charge in [0, 0.05) is 0 Å². The Labute approximate surface area is 138 Å². The van der Waals surface area contributed by atoms with Gasteiger partial charge in [-0.3, -0.25) is 4.79 Å². The molecule has 2 atom stereocenters. The van der Waals surface area contributed by atoms with Gasteiger partial charge < -0.3 is 14.8 Å². The first-order valence-corrected chi connectivity index (χ1v) is 8.06. The predicted molar refractivity (Wildman–Crippen MR) is 91.7 cm³/mol. The van der Waals surface area contributed by atoms with Crippen LogP contribution < -0.4 is 14.8 Å². The summed E-state index contributed by atoms with van der Waals surface area (Å²) in [5.74, 6) is 2.10. The smallest absolute Gasteiger partial charge is 0.224 e. The Bertz CT molecular complexity index is 571. The van der Waals surface area contributed by atoms with Crippen molar-refractivity contribution in [1.29, 1.82) is 0 Å². The first kappa shape index (κ1) is 17.4. The summed E-state index contributed by atoms with van der Waals surface area (Å²) in [7, 11) is 1.63. The number of hydrogen-bond donors (Lipinski definition) is 1. The molecule has 0 aliphatic heterocycles. The van der Waals surface area contributed by atoms with Gasteiger partial charge in [0.1, 0.15) is 18.1 Å². The molecule has 0 heterocycles. The van der Waals surface area contributed by atoms with E-state index in [0.29, 0.717) is 19.1 Å². The monoisotopic (exact) mass is 317 g/mol. The maximum absolute atomic E-state index is 12.3. The van der Waals surface area contributed by atoms with Gasteiger partial charge in [0.2, 0.25) is 5.91 Å². The Morgan fingerprint density at radius 3 is 2.39 bits per heavy atom. The Balaban J connectivity index is 1.74. The van der Waals surface area contributed by atoms with Gasteiger partial charge in [0.05, 0.1) is 19.6 Å². The van der Waals surface area contributed by atoms with Gasteiger partial charge >= 0.3 is 0 Å². The number of methoxy groups -OCH3 is 1. The van der Waals surface area contributed by atoms with Crippen molar-refractivity contribution in [2.75, 3.05) is 20.3 Å². The minimum atomic E-state index is 0.0538. The van der Waals surface area contributed by atoms with E-state index in [1.807, 2.05) is 24.3 Å². The van der Waals surface area contributed by atoms with Crippen LogP contribution in [0.2, 0.25) is 0 Å². The summed E-state index contributed by atoms with van der Waals surface area (Å²) in [5, 5.41) is 2.98. The van der Waals surface area contributed by atoms with E-state index in [4.69, 9.17) is 9.47 Å². The van der Waals surface area contributed by atoms with Gasteiger partial charge in [-0.15, -0.1) is 0 Å². The molecule has 0 radical (unpaired) electrons. The molecule has 1 fully saturated rings. The summed E-state index contributed by atoms with van der Waals surface area (Å²) < 4.78 is 10.7. The fourth-order valence-electron chi connectivity index (χ4n) is 2.97. The van der Waals surface area contributed by atoms with E-state index in [2.05, 4.69) is 39.1 Å². The normalized spacial score (nSPS) is 21.3. The standard InChI is InChI=1S/C19H27NO3/c1-13(2)12-16-17(19(16,3)4)18(21)20-10-11-23-15-8-6-14(22-5)7-9-15/h6-9,12,16-17H,10-11H2,1-5H3,(H,20,21). The summed E-state index contributed by atoms with van der Waals surface area (Å²) in [6.07, 6.45) is 2.21. The third-order valence-electron chi connectivity index (χ3n) is 4.44. The molecular formula is C19H27NO3. The third-order valence-corrected chi connectivity index (χ3v) is 4.44. The maximum atomic E-state index is 12.3. The molecule has 0 saturated heterocycles. The van der Waals surface area contributed by atoms with E-state index in [1.165, 1.54) is 5.57 Å². The molecule has 0 bridgehead atoms. The van der Waals surface area contributed by atoms with E-state index in [-0.39, 0.29) is 17.2 Å². The minimum Gasteiger partial charge on any atom is -0.497 e. The summed E-state index contributed by atoms with van der Waals surface area (Å²) in [4.78, 5) is 12.3. The van der Waals surface area contributed by atoms with Gasteiger partial charge in [0.15, 0.2) is 0 Å². The molecule has 1 N–H and O–H groups in total. The molecule has 23 heavy (non-hydrogen) atoms. The fourth-order valence-corrected chi connectivity index (χ4v) is 2.97. The van der Waals surface area contributed by atoms with Crippen molar-refractivity contribution >= 4 is 5.91 Å². The maximum Gasteiger partial charge on any atom is 0.224 e. The Kier molecular flexibility index (Phi) is 5.34. The van der Waals surface area contributed by atoms with Crippen LogP contribution in [0.25, 0.3) is 0 Å². The van der Waals surface area contributed by atoms with E-state index < -0.39 is 0 Å². The predicted octanol–water partition coefficient (Wildman–Crippen LogP) is 3.43. The lowest BCUT2D eigenvalue weighted by Crippen LogP contribution is -2.30. The third kappa shape index (κ3) is 4.27. The zero-order chi connectivity index (χ0) is 17.0. The number of rotatable bonds is 7. The lowest BCUT2D eigenvalue weighted by Gasteiger charge is -2.09. The summed E-state index contributed by atoms with van der Waals surface area (Å²) >= 11 is 0. The van der Waals surface area contributed by atoms with Crippen LogP contribution in [0, 0.1) is 17.3 Å². The van der Waals surface area contributed by atoms with Gasteiger partial charge in [-0.05, 0) is 49.4 Å². The highest BCUT2D eigenvalue weighted by Gasteiger charge is 2.60. The number of ether oxygens (including phenoxy) is 2. The van der Waals surface area contributed by atoms with Gasteiger partial charge in [-0.1, -0.05) is 25.5 Å². The lowest BCUT2D eigenvalue weighted by atomic mass is 10.1. The SMILES string of the molecule is COc1ccc(OCCNC(=O)C2C(C=C(C)C)C2(C)C)cc1. The van der Waals surface area contributed by atoms with Crippen LogP contribution in [0.1, 0.15) is 27.7 Å². The molecule has 1 amide bonds. The zero-order valence-corrected chi connectivity index (χ0v) is 14.7. The topological polar surface area (TPSA) is 47.6 Å². The van der Waals surface area contributed by atoms with Gasteiger partial charge in [-0.25, -0.2) is 0 Å². The van der Waals surface area contributed by atoms with Crippen molar-refractivity contribution in [3.8, 4) is 11.5 Å². The van der Waals surface area contributed by atoms with E-state index in [0.717, 1.165) is 11.5 Å². The second-order valence-electron chi connectivity index (χ2n) is 6.88. The molecule has 1 aliphatic rings. The number of hydrogen-bond acceptors (Lipinski definition) is 3. The van der Waals surface area contributed by atoms with Crippen LogP contribution in [0.3, 0.4) is 0 Å². The Morgan fingerprint density at radius 1 is 1.22 bits per heavy atom. The molecule has 0 spiro atoms. The molecule has 0 aromatic heterocycles. The van der Waals surface area contributed by atoms with Gasteiger partial charge in [-0.2, -0.15) is 0 Å². The minimum absolute atomic E-state index is 0.0538. The highest BCUT2D eigenvalue weighted by molar-refractivity contribution is 5.83. The second-order valence-corrected chi connectivity index (χ2v) is 6.88. The Morgan fingerprint density at radius 2 is 1.83 bits per heavy atom. The van der Waals surface area contributed by atoms with E-state index >= 15 is 0 Å². The molecule has 2 unspecified atom stereocenters. The average Bonchev–Trinajstić information content (AvgIpc) is 3.04. The number of allylic oxidation sites excluding steroid dienone is 2. The molecule has 1 aromatic rings. The lowest BCUT2D eigenvalue weighted by molar-refractivity contribution is -0.123. The first-order valence-electron chi connectivity index (χ1n) is 8.06. The van der Waals surface area contributed by atoms with Crippen LogP contribution in [-0.2, 0) is 4.79 Å². The average molecular weight is 317 g/mol. The van der Waals surface area contributed by atoms with Crippen molar-refractivity contribution in [1.82, 2.24) is 5.32 Å². The highest BCUT2D eigenvalue weighted by Crippen LogP contribution is 2.59. The second kappa shape index (κ2) is 7.07. The number of carbonyl (C=O) groups excluding carboxylic acids is 1. The van der Waals surface area contributed by atoms with Crippen molar-refractivity contribution in [3.63, 3.8) is 0 Å². The quantitative estimate of drug-likeness (QED) is 0.619. The summed E-state index contributed by atoms with van der Waals surface area (Å²) in [6.45, 7) is 9.42. The van der Waals surface area contributed by atoms with Crippen LogP contribution in [0.5, 0.6) is 11.5 Å². The highest BCUT2D eigenvalue weighted by atomic mass is 16.5. The van der Waals surface area contributed by atoms with Crippen molar-refractivity contribution in [2.45, 2.75) is 27.7 Å². The van der Waals surface area contributed by atoms with Gasteiger partial charge in [0.25, 0.3) is 0 Å². The van der Waals surface area contributed by atoms with Crippen molar-refractivity contribution in [3.05, 3.63) is 35.9 Å². The van der Waals surface area contributed by atoms with Crippen molar-refractivity contribution in [2.24, 2.45) is 17.3 Å². The first-order chi connectivity index (χ1) is 10.9.